The SMILES string of the molecule is O=C(CCc1nc(-c2ccsc2)no1)Nc1cccc(-n2cnnn2)c1. The van der Waals surface area contributed by atoms with Crippen LogP contribution in [0.3, 0.4) is 0 Å². The van der Waals surface area contributed by atoms with Crippen molar-refractivity contribution in [3.8, 4) is 17.1 Å². The highest BCUT2D eigenvalue weighted by atomic mass is 32.1. The van der Waals surface area contributed by atoms with Gasteiger partial charge in [-0.1, -0.05) is 11.2 Å². The van der Waals surface area contributed by atoms with Crippen LogP contribution in [-0.2, 0) is 11.2 Å². The molecule has 1 N–H and O–H groups in total. The first kappa shape index (κ1) is 16.1. The van der Waals surface area contributed by atoms with E-state index in [4.69, 9.17) is 4.52 Å². The smallest absolute Gasteiger partial charge is 0.227 e. The van der Waals surface area contributed by atoms with Crippen molar-refractivity contribution in [3.63, 3.8) is 0 Å². The van der Waals surface area contributed by atoms with Crippen LogP contribution in [0, 0.1) is 0 Å². The lowest BCUT2D eigenvalue weighted by atomic mass is 10.2. The second kappa shape index (κ2) is 7.23. The Morgan fingerprint density at radius 3 is 3.08 bits per heavy atom. The summed E-state index contributed by atoms with van der Waals surface area (Å²) < 4.78 is 6.71. The van der Waals surface area contributed by atoms with Crippen LogP contribution in [0.1, 0.15) is 12.3 Å². The van der Waals surface area contributed by atoms with Gasteiger partial charge in [0.1, 0.15) is 6.33 Å². The molecular formula is C16H13N7O2S. The number of amides is 1. The van der Waals surface area contributed by atoms with Crippen LogP contribution >= 0.6 is 11.3 Å². The van der Waals surface area contributed by atoms with Gasteiger partial charge in [0, 0.05) is 29.5 Å². The first-order valence-corrected chi connectivity index (χ1v) is 8.71. The van der Waals surface area contributed by atoms with E-state index in [1.807, 2.05) is 29.0 Å². The molecule has 0 fully saturated rings. The fraction of sp³-hybridized carbons (Fsp3) is 0.125. The Hall–Kier alpha value is -3.40. The number of hydrogen-bond donors (Lipinski definition) is 1. The van der Waals surface area contributed by atoms with E-state index in [2.05, 4.69) is 31.0 Å². The molecule has 0 saturated carbocycles. The maximum Gasteiger partial charge on any atom is 0.227 e. The molecule has 4 aromatic rings. The molecule has 0 bridgehead atoms. The van der Waals surface area contributed by atoms with Crippen molar-refractivity contribution >= 4 is 22.9 Å². The van der Waals surface area contributed by atoms with E-state index in [9.17, 15) is 4.79 Å². The summed E-state index contributed by atoms with van der Waals surface area (Å²) in [5.41, 5.74) is 2.33. The largest absolute Gasteiger partial charge is 0.339 e. The zero-order chi connectivity index (χ0) is 17.8. The molecule has 1 amide bonds. The van der Waals surface area contributed by atoms with Gasteiger partial charge >= 0.3 is 0 Å². The Morgan fingerprint density at radius 2 is 2.27 bits per heavy atom. The molecule has 3 aromatic heterocycles. The number of thiophene rings is 1. The van der Waals surface area contributed by atoms with Gasteiger partial charge in [0.05, 0.1) is 5.69 Å². The molecule has 0 aliphatic carbocycles. The van der Waals surface area contributed by atoms with Crippen molar-refractivity contribution in [1.29, 1.82) is 0 Å². The molecule has 0 spiro atoms. The molecule has 0 aliphatic heterocycles. The van der Waals surface area contributed by atoms with Crippen LogP contribution in [0.5, 0.6) is 0 Å². The van der Waals surface area contributed by atoms with Crippen LogP contribution in [0.2, 0.25) is 0 Å². The van der Waals surface area contributed by atoms with Crippen LogP contribution in [0.25, 0.3) is 17.1 Å². The average molecular weight is 367 g/mol. The van der Waals surface area contributed by atoms with Crippen LogP contribution in [-0.4, -0.2) is 36.3 Å². The molecule has 0 radical (unpaired) electrons. The Kier molecular flexibility index (Phi) is 4.48. The van der Waals surface area contributed by atoms with Crippen molar-refractivity contribution in [3.05, 3.63) is 53.3 Å². The molecule has 0 aliphatic rings. The van der Waals surface area contributed by atoms with E-state index in [1.54, 1.807) is 23.5 Å². The number of rotatable bonds is 6. The standard InChI is InChI=1S/C16H13N7O2S/c24-14(4-5-15-19-16(20-25-15)11-6-7-26-9-11)18-12-2-1-3-13(8-12)23-10-17-21-22-23/h1-3,6-10H,4-5H2,(H,18,24). The number of aromatic nitrogens is 6. The summed E-state index contributed by atoms with van der Waals surface area (Å²) in [6.45, 7) is 0. The average Bonchev–Trinajstić information content (AvgIpc) is 3.42. The van der Waals surface area contributed by atoms with Gasteiger partial charge in [0.2, 0.25) is 17.6 Å². The number of hydrogen-bond acceptors (Lipinski definition) is 8. The molecule has 130 valence electrons. The van der Waals surface area contributed by atoms with E-state index in [1.165, 1.54) is 11.0 Å². The van der Waals surface area contributed by atoms with Gasteiger partial charge in [-0.2, -0.15) is 16.3 Å². The maximum absolute atomic E-state index is 12.2. The summed E-state index contributed by atoms with van der Waals surface area (Å²) in [6.07, 6.45) is 2.09. The van der Waals surface area contributed by atoms with Gasteiger partial charge in [0.25, 0.3) is 0 Å². The van der Waals surface area contributed by atoms with Crippen LogP contribution < -0.4 is 5.32 Å². The lowest BCUT2D eigenvalue weighted by Crippen LogP contribution is -2.12. The highest BCUT2D eigenvalue weighted by Crippen LogP contribution is 2.19. The van der Waals surface area contributed by atoms with E-state index in [-0.39, 0.29) is 12.3 Å². The molecule has 3 heterocycles. The van der Waals surface area contributed by atoms with E-state index >= 15 is 0 Å². The van der Waals surface area contributed by atoms with Crippen molar-refractivity contribution in [2.45, 2.75) is 12.8 Å². The molecule has 1 aromatic carbocycles. The zero-order valence-electron chi connectivity index (χ0n) is 13.4. The van der Waals surface area contributed by atoms with Crippen LogP contribution in [0.15, 0.2) is 51.9 Å². The number of anilines is 1. The fourth-order valence-corrected chi connectivity index (χ4v) is 2.95. The molecule has 26 heavy (non-hydrogen) atoms. The predicted octanol–water partition coefficient (Wildman–Crippen LogP) is 2.35. The van der Waals surface area contributed by atoms with Gasteiger partial charge in [-0.3, -0.25) is 4.79 Å². The highest BCUT2D eigenvalue weighted by molar-refractivity contribution is 7.08. The minimum absolute atomic E-state index is 0.144. The summed E-state index contributed by atoms with van der Waals surface area (Å²) in [5.74, 6) is 0.828. The van der Waals surface area contributed by atoms with Crippen molar-refractivity contribution in [2.75, 3.05) is 5.32 Å². The molecule has 0 saturated heterocycles. The Bertz CT molecular complexity index is 995. The molecule has 10 heteroatoms. The van der Waals surface area contributed by atoms with Crippen molar-refractivity contribution in [1.82, 2.24) is 30.3 Å². The van der Waals surface area contributed by atoms with Crippen molar-refractivity contribution in [2.24, 2.45) is 0 Å². The number of tetrazole rings is 1. The number of nitrogens with zero attached hydrogens (tertiary/aromatic N) is 6. The minimum Gasteiger partial charge on any atom is -0.339 e. The molecule has 0 atom stereocenters. The van der Waals surface area contributed by atoms with E-state index in [0.717, 1.165) is 11.3 Å². The van der Waals surface area contributed by atoms with Gasteiger partial charge in [-0.05, 0) is 40.1 Å². The maximum atomic E-state index is 12.2. The zero-order valence-corrected chi connectivity index (χ0v) is 14.3. The summed E-state index contributed by atoms with van der Waals surface area (Å²) in [4.78, 5) is 16.5. The summed E-state index contributed by atoms with van der Waals surface area (Å²) >= 11 is 1.56. The Morgan fingerprint density at radius 1 is 1.31 bits per heavy atom. The third kappa shape index (κ3) is 3.64. The molecular weight excluding hydrogens is 354 g/mol. The normalized spacial score (nSPS) is 10.8. The topological polar surface area (TPSA) is 112 Å². The minimum atomic E-state index is -0.144. The number of aryl methyl sites for hydroxylation is 1. The van der Waals surface area contributed by atoms with Gasteiger partial charge in [-0.15, -0.1) is 5.10 Å². The van der Waals surface area contributed by atoms with Gasteiger partial charge in [-0.25, -0.2) is 4.68 Å². The first-order valence-electron chi connectivity index (χ1n) is 7.76. The van der Waals surface area contributed by atoms with Crippen molar-refractivity contribution < 1.29 is 9.32 Å². The molecule has 4 rings (SSSR count). The first-order chi connectivity index (χ1) is 12.8. The van der Waals surface area contributed by atoms with Gasteiger partial charge in [0.15, 0.2) is 0 Å². The Balaban J connectivity index is 1.35. The number of carbonyl (C=O) groups is 1. The number of benzene rings is 1. The third-order valence-corrected chi connectivity index (χ3v) is 4.24. The number of carbonyl (C=O) groups excluding carboxylic acids is 1. The second-order valence-corrected chi connectivity index (χ2v) is 6.16. The van der Waals surface area contributed by atoms with E-state index < -0.39 is 0 Å². The highest BCUT2D eigenvalue weighted by Gasteiger charge is 2.11. The summed E-state index contributed by atoms with van der Waals surface area (Å²) in [6, 6.07) is 9.17. The monoisotopic (exact) mass is 367 g/mol. The molecule has 0 unspecified atom stereocenters. The second-order valence-electron chi connectivity index (χ2n) is 5.38. The summed E-state index contributed by atoms with van der Waals surface area (Å²) in [7, 11) is 0. The predicted molar refractivity (Wildman–Crippen MR) is 93.7 cm³/mol. The lowest BCUT2D eigenvalue weighted by molar-refractivity contribution is -0.116. The lowest BCUT2D eigenvalue weighted by Gasteiger charge is -2.06. The van der Waals surface area contributed by atoms with Gasteiger partial charge < -0.3 is 9.84 Å². The van der Waals surface area contributed by atoms with Crippen LogP contribution in [0.4, 0.5) is 5.69 Å². The quantitative estimate of drug-likeness (QED) is 0.557. The van der Waals surface area contributed by atoms with E-state index in [0.29, 0.717) is 23.8 Å². The summed E-state index contributed by atoms with van der Waals surface area (Å²) in [5, 5.41) is 21.7. The number of nitrogens with one attached hydrogen (secondary N) is 1. The molecule has 9 nitrogen and oxygen atoms in total. The Labute approximate surface area is 151 Å². The third-order valence-electron chi connectivity index (χ3n) is 3.56. The fourth-order valence-electron chi connectivity index (χ4n) is 2.32.